The summed E-state index contributed by atoms with van der Waals surface area (Å²) in [4.78, 5) is 62.8. The van der Waals surface area contributed by atoms with Gasteiger partial charge in [-0.3, -0.25) is 19.1 Å². The molecule has 3 fully saturated rings. The van der Waals surface area contributed by atoms with Crippen LogP contribution in [0.3, 0.4) is 0 Å². The Morgan fingerprint density at radius 1 is 1.12 bits per heavy atom. The smallest absolute Gasteiger partial charge is 0.407 e. The third-order valence-electron chi connectivity index (χ3n) is 12.3. The predicted molar refractivity (Wildman–Crippen MR) is 208 cm³/mol. The lowest BCUT2D eigenvalue weighted by Gasteiger charge is -2.37. The number of carbonyl (C=O) groups excluding carboxylic acids is 4. The average Bonchev–Trinajstić information content (AvgIpc) is 4.06. The van der Waals surface area contributed by atoms with Gasteiger partial charge < -0.3 is 29.7 Å². The molecule has 3 aliphatic heterocycles. The third-order valence-corrected chi connectivity index (χ3v) is 14.4. The first-order valence-electron chi connectivity index (χ1n) is 20.1. The highest BCUT2D eigenvalue weighted by Crippen LogP contribution is 2.49. The normalized spacial score (nSPS) is 29.1. The molecule has 2 aromatic rings. The van der Waals surface area contributed by atoms with Gasteiger partial charge in [0.25, 0.3) is 5.91 Å². The van der Waals surface area contributed by atoms with Gasteiger partial charge in [0.05, 0.1) is 36.2 Å². The topological polar surface area (TPSA) is 182 Å². The molecule has 15 heteroatoms. The molecule has 0 unspecified atom stereocenters. The molecule has 2 saturated carbocycles. The number of benzene rings is 1. The van der Waals surface area contributed by atoms with Gasteiger partial charge in [-0.05, 0) is 88.8 Å². The van der Waals surface area contributed by atoms with E-state index in [-0.39, 0.29) is 31.9 Å². The van der Waals surface area contributed by atoms with Gasteiger partial charge in [-0.15, -0.1) is 0 Å². The zero-order valence-corrected chi connectivity index (χ0v) is 33.9. The van der Waals surface area contributed by atoms with E-state index in [1.54, 1.807) is 14.0 Å². The van der Waals surface area contributed by atoms with E-state index in [0.717, 1.165) is 35.0 Å². The molecule has 1 aromatic heterocycles. The summed E-state index contributed by atoms with van der Waals surface area (Å²) in [7, 11) is -2.38. The van der Waals surface area contributed by atoms with E-state index in [9.17, 15) is 27.6 Å². The van der Waals surface area contributed by atoms with Crippen molar-refractivity contribution in [3.63, 3.8) is 0 Å². The zero-order valence-electron chi connectivity index (χ0n) is 33.1. The minimum Gasteiger partial charge on any atom is -0.497 e. The molecule has 5 atom stereocenters. The van der Waals surface area contributed by atoms with Crippen LogP contribution in [0.1, 0.15) is 103 Å². The number of alkyl carbamates (subject to hydrolysis) is 1. The maximum absolute atomic E-state index is 14.8. The number of fused-ring (bicyclic) bond motifs is 5. The number of rotatable bonds is 8. The van der Waals surface area contributed by atoms with Crippen LogP contribution < -0.4 is 24.8 Å². The van der Waals surface area contributed by atoms with Crippen LogP contribution in [0.4, 0.5) is 4.79 Å². The molecule has 1 aromatic carbocycles. The molecule has 4 heterocycles. The molecule has 0 bridgehead atoms. The number of aromatic nitrogens is 1. The number of amides is 4. The molecule has 4 amide bonds. The molecule has 5 aliphatic rings. The van der Waals surface area contributed by atoms with Gasteiger partial charge in [0, 0.05) is 23.3 Å². The summed E-state index contributed by atoms with van der Waals surface area (Å²) >= 11 is 0. The van der Waals surface area contributed by atoms with Crippen molar-refractivity contribution in [2.24, 2.45) is 11.8 Å². The fraction of sp³-hybridized carbons (Fsp3) is 0.634. The summed E-state index contributed by atoms with van der Waals surface area (Å²) in [5, 5.41) is 6.66. The molecule has 14 nitrogen and oxygen atoms in total. The van der Waals surface area contributed by atoms with Crippen molar-refractivity contribution in [2.75, 3.05) is 20.3 Å². The number of nitrogens with zero attached hydrogens (tertiary/aromatic N) is 2. The number of aryl methyl sites for hydroxylation is 2. The van der Waals surface area contributed by atoms with Crippen molar-refractivity contribution in [1.29, 1.82) is 0 Å². The van der Waals surface area contributed by atoms with Crippen LogP contribution in [0.2, 0.25) is 0 Å². The van der Waals surface area contributed by atoms with E-state index in [2.05, 4.69) is 15.4 Å². The van der Waals surface area contributed by atoms with Gasteiger partial charge in [-0.1, -0.05) is 45.8 Å². The second kappa shape index (κ2) is 15.2. The number of methoxy groups -OCH3 is 1. The number of hydrogen-bond donors (Lipinski definition) is 3. The lowest BCUT2D eigenvalue weighted by molar-refractivity contribution is -0.141. The Morgan fingerprint density at radius 2 is 1.91 bits per heavy atom. The largest absolute Gasteiger partial charge is 0.497 e. The molecule has 1 spiro atoms. The molecule has 304 valence electrons. The van der Waals surface area contributed by atoms with E-state index in [0.29, 0.717) is 62.9 Å². The van der Waals surface area contributed by atoms with Crippen LogP contribution in [0.25, 0.3) is 10.9 Å². The standard InChI is InChI=1S/C41H55N5O9S/c1-6-30-34-28(29-20-27(53-5)14-15-31(29)42-30)16-17-40(55-34)22-33-35(47)44-41(37(49)45-56(51,52)39(4)18-19-39)21-26(41)12-10-8-7-9-11-13-32(36(48)46(33)24-40)43-38(50)54-23-25(2)3/h10,12,14-15,20,25-26,32-33H,6-9,11,13,16-19,21-24H2,1-5H3,(H,43,50)(H,44,47)(H,45,49)/b12-10-/t26-,32+,33+,40-,41-/m1/s1. The first kappa shape index (κ1) is 39.8. The quantitative estimate of drug-likeness (QED) is 0.319. The summed E-state index contributed by atoms with van der Waals surface area (Å²) in [5.74, 6) is -0.824. The van der Waals surface area contributed by atoms with E-state index in [1.807, 2.05) is 51.1 Å². The third kappa shape index (κ3) is 7.67. The van der Waals surface area contributed by atoms with Crippen LogP contribution in [-0.2, 0) is 42.0 Å². The summed E-state index contributed by atoms with van der Waals surface area (Å²) in [6.45, 7) is 7.68. The highest BCUT2D eigenvalue weighted by molar-refractivity contribution is 7.91. The number of sulfonamides is 1. The Labute approximate surface area is 328 Å². The molecule has 7 rings (SSSR count). The Balaban J connectivity index is 1.24. The van der Waals surface area contributed by atoms with Crippen molar-refractivity contribution in [3.8, 4) is 11.5 Å². The summed E-state index contributed by atoms with van der Waals surface area (Å²) < 4.78 is 45.6. The lowest BCUT2D eigenvalue weighted by atomic mass is 9.87. The first-order valence-corrected chi connectivity index (χ1v) is 21.6. The number of hydrogen-bond acceptors (Lipinski definition) is 10. The van der Waals surface area contributed by atoms with E-state index in [4.69, 9.17) is 19.2 Å². The second-order valence-electron chi connectivity index (χ2n) is 17.0. The highest BCUT2D eigenvalue weighted by atomic mass is 32.2. The van der Waals surface area contributed by atoms with Crippen molar-refractivity contribution in [1.82, 2.24) is 25.2 Å². The highest BCUT2D eigenvalue weighted by Gasteiger charge is 2.64. The SMILES string of the molecule is CCc1nc2ccc(OC)cc2c2c1O[C@]1(CC2)C[C@H]2C(=O)N[C@]3(C(=O)NS(=O)(=O)C4(C)CC4)C[C@H]3/C=C\CCCCC[C@H](NC(=O)OCC(C)C)C(=O)N2C1. The first-order chi connectivity index (χ1) is 26.6. The number of carbonyl (C=O) groups is 4. The average molecular weight is 794 g/mol. The predicted octanol–water partition coefficient (Wildman–Crippen LogP) is 4.62. The Morgan fingerprint density at radius 3 is 2.62 bits per heavy atom. The molecular weight excluding hydrogens is 739 g/mol. The molecule has 56 heavy (non-hydrogen) atoms. The number of ether oxygens (including phenoxy) is 3. The van der Waals surface area contributed by atoms with Gasteiger partial charge >= 0.3 is 6.09 Å². The van der Waals surface area contributed by atoms with E-state index in [1.165, 1.54) is 4.90 Å². The van der Waals surface area contributed by atoms with E-state index < -0.39 is 67.7 Å². The van der Waals surface area contributed by atoms with Gasteiger partial charge in [0.15, 0.2) is 0 Å². The Bertz CT molecular complexity index is 2050. The second-order valence-corrected chi connectivity index (χ2v) is 19.2. The fourth-order valence-electron chi connectivity index (χ4n) is 8.37. The maximum Gasteiger partial charge on any atom is 0.407 e. The lowest BCUT2D eigenvalue weighted by Crippen LogP contribution is -2.58. The maximum atomic E-state index is 14.8. The van der Waals surface area contributed by atoms with Gasteiger partial charge in [-0.2, -0.15) is 0 Å². The van der Waals surface area contributed by atoms with Crippen molar-refractivity contribution in [3.05, 3.63) is 41.6 Å². The van der Waals surface area contributed by atoms with Crippen LogP contribution in [0, 0.1) is 11.8 Å². The Hall–Kier alpha value is -4.40. The number of pyridine rings is 1. The number of nitrogens with one attached hydrogen (secondary N) is 3. The number of allylic oxidation sites excluding steroid dienone is 1. The van der Waals surface area contributed by atoms with Crippen molar-refractivity contribution < 1.29 is 41.8 Å². The minimum absolute atomic E-state index is 0.0527. The molecule has 0 radical (unpaired) electrons. The fourth-order valence-corrected chi connectivity index (χ4v) is 9.68. The Kier molecular flexibility index (Phi) is 10.8. The monoisotopic (exact) mass is 793 g/mol. The van der Waals surface area contributed by atoms with Crippen molar-refractivity contribution >= 4 is 44.7 Å². The molecule has 1 saturated heterocycles. The van der Waals surface area contributed by atoms with Crippen molar-refractivity contribution in [2.45, 2.75) is 133 Å². The summed E-state index contributed by atoms with van der Waals surface area (Å²) in [6.07, 6.45) is 9.29. The van der Waals surface area contributed by atoms with Crippen LogP contribution in [-0.4, -0.2) is 90.3 Å². The van der Waals surface area contributed by atoms with Gasteiger partial charge in [-0.25, -0.2) is 18.2 Å². The van der Waals surface area contributed by atoms with Crippen LogP contribution in [0.15, 0.2) is 30.4 Å². The zero-order chi connectivity index (χ0) is 40.0. The van der Waals surface area contributed by atoms with E-state index >= 15 is 0 Å². The van der Waals surface area contributed by atoms with Crippen LogP contribution in [0.5, 0.6) is 11.5 Å². The summed E-state index contributed by atoms with van der Waals surface area (Å²) in [6, 6.07) is 3.68. The van der Waals surface area contributed by atoms with Crippen LogP contribution >= 0.6 is 0 Å². The van der Waals surface area contributed by atoms with Gasteiger partial charge in [0.1, 0.15) is 34.7 Å². The molecular formula is C41H55N5O9S. The molecule has 2 aliphatic carbocycles. The molecule has 3 N–H and O–H groups in total. The van der Waals surface area contributed by atoms with Gasteiger partial charge in [0.2, 0.25) is 21.8 Å². The minimum atomic E-state index is -3.99. The summed E-state index contributed by atoms with van der Waals surface area (Å²) in [5.41, 5.74) is 0.0730.